The largest absolute Gasteiger partial charge is 0.350 e. The summed E-state index contributed by atoms with van der Waals surface area (Å²) in [5.74, 6) is -0.261. The third-order valence-corrected chi connectivity index (χ3v) is 2.97. The average Bonchev–Trinajstić information content (AvgIpc) is 2.44. The fourth-order valence-electron chi connectivity index (χ4n) is 1.98. The fourth-order valence-corrected chi connectivity index (χ4v) is 1.98. The molecule has 5 nitrogen and oxygen atoms in total. The molecule has 0 aliphatic carbocycles. The molecule has 1 heterocycles. The molecule has 0 aliphatic rings. The number of nitrogens with one attached hydrogen (secondary N) is 2. The molecule has 0 saturated carbocycles. The molecule has 122 valence electrons. The van der Waals surface area contributed by atoms with Gasteiger partial charge in [0.1, 0.15) is 11.5 Å². The molecule has 23 heavy (non-hydrogen) atoms. The number of aryl methyl sites for hydroxylation is 1. The highest BCUT2D eigenvalue weighted by Gasteiger charge is 2.17. The lowest BCUT2D eigenvalue weighted by molar-refractivity contribution is 0.0914. The molecule has 0 unspecified atom stereocenters. The van der Waals surface area contributed by atoms with Crippen LogP contribution in [0.1, 0.15) is 42.5 Å². The number of nitrogens with zero attached hydrogens (tertiary/aromatic N) is 2. The molecular formula is C17H21FN4O. The topological polar surface area (TPSA) is 66.9 Å². The molecule has 0 radical (unpaired) electrons. The summed E-state index contributed by atoms with van der Waals surface area (Å²) in [6, 6.07) is 8.10. The van der Waals surface area contributed by atoms with Crippen LogP contribution in [0.25, 0.3) is 0 Å². The molecule has 6 heteroatoms. The Morgan fingerprint density at radius 3 is 2.57 bits per heavy atom. The van der Waals surface area contributed by atoms with Gasteiger partial charge >= 0.3 is 0 Å². The van der Waals surface area contributed by atoms with Gasteiger partial charge in [0.2, 0.25) is 5.95 Å². The van der Waals surface area contributed by atoms with Crippen LogP contribution < -0.4 is 10.6 Å². The first-order valence-corrected chi connectivity index (χ1v) is 7.40. The van der Waals surface area contributed by atoms with E-state index in [1.807, 2.05) is 20.8 Å². The number of hydrogen-bond acceptors (Lipinski definition) is 4. The van der Waals surface area contributed by atoms with Gasteiger partial charge < -0.3 is 10.6 Å². The summed E-state index contributed by atoms with van der Waals surface area (Å²) in [6.45, 7) is 7.73. The Balaban J connectivity index is 2.14. The number of rotatable bonds is 4. The lowest BCUT2D eigenvalue weighted by atomic mass is 10.1. The van der Waals surface area contributed by atoms with Crippen LogP contribution >= 0.6 is 0 Å². The van der Waals surface area contributed by atoms with E-state index >= 15 is 0 Å². The quantitative estimate of drug-likeness (QED) is 0.910. The normalized spacial score (nSPS) is 11.2. The summed E-state index contributed by atoms with van der Waals surface area (Å²) in [4.78, 5) is 20.6. The van der Waals surface area contributed by atoms with E-state index in [9.17, 15) is 9.18 Å². The van der Waals surface area contributed by atoms with Gasteiger partial charge in [0.25, 0.3) is 5.91 Å². The van der Waals surface area contributed by atoms with Crippen LogP contribution in [0.5, 0.6) is 0 Å². The maximum atomic E-state index is 13.6. The number of aromatic nitrogens is 2. The third-order valence-electron chi connectivity index (χ3n) is 2.97. The average molecular weight is 316 g/mol. The van der Waals surface area contributed by atoms with Crippen LogP contribution in [-0.4, -0.2) is 21.4 Å². The Kier molecular flexibility index (Phi) is 4.93. The first-order chi connectivity index (χ1) is 10.7. The Bertz CT molecular complexity index is 710. The van der Waals surface area contributed by atoms with Crippen molar-refractivity contribution in [1.29, 1.82) is 0 Å². The number of hydrogen-bond donors (Lipinski definition) is 2. The molecule has 1 amide bonds. The maximum Gasteiger partial charge on any atom is 0.270 e. The van der Waals surface area contributed by atoms with Crippen LogP contribution in [0.4, 0.5) is 10.3 Å². The highest BCUT2D eigenvalue weighted by molar-refractivity contribution is 5.93. The smallest absolute Gasteiger partial charge is 0.270 e. The summed E-state index contributed by atoms with van der Waals surface area (Å²) >= 11 is 0. The van der Waals surface area contributed by atoms with E-state index in [1.165, 1.54) is 6.07 Å². The first-order valence-electron chi connectivity index (χ1n) is 7.40. The zero-order chi connectivity index (χ0) is 17.0. The minimum absolute atomic E-state index is 0.246. The molecular weight excluding hydrogens is 295 g/mol. The molecule has 0 atom stereocenters. The van der Waals surface area contributed by atoms with Gasteiger partial charge in [-0.3, -0.25) is 4.79 Å². The minimum atomic E-state index is -0.350. The van der Waals surface area contributed by atoms with Crippen molar-refractivity contribution in [2.24, 2.45) is 0 Å². The van der Waals surface area contributed by atoms with E-state index in [2.05, 4.69) is 20.6 Å². The van der Waals surface area contributed by atoms with E-state index in [1.54, 1.807) is 31.2 Å². The number of carbonyl (C=O) groups is 1. The summed E-state index contributed by atoms with van der Waals surface area (Å²) in [7, 11) is 0. The predicted molar refractivity (Wildman–Crippen MR) is 87.7 cm³/mol. The predicted octanol–water partition coefficient (Wildman–Crippen LogP) is 3.06. The van der Waals surface area contributed by atoms with Crippen molar-refractivity contribution in [3.63, 3.8) is 0 Å². The summed E-state index contributed by atoms with van der Waals surface area (Å²) in [6.07, 6.45) is 0. The van der Waals surface area contributed by atoms with Gasteiger partial charge in [-0.2, -0.15) is 0 Å². The monoisotopic (exact) mass is 316 g/mol. The van der Waals surface area contributed by atoms with Gasteiger partial charge in [0.05, 0.1) is 0 Å². The van der Waals surface area contributed by atoms with Crippen molar-refractivity contribution in [3.05, 3.63) is 53.1 Å². The molecule has 1 aromatic carbocycles. The molecule has 2 aromatic rings. The van der Waals surface area contributed by atoms with Crippen LogP contribution in [0.15, 0.2) is 30.3 Å². The Morgan fingerprint density at radius 1 is 1.22 bits per heavy atom. The minimum Gasteiger partial charge on any atom is -0.350 e. The number of halogens is 1. The summed E-state index contributed by atoms with van der Waals surface area (Å²) < 4.78 is 13.6. The number of amides is 1. The molecule has 1 aromatic heterocycles. The third kappa shape index (κ3) is 5.02. The summed E-state index contributed by atoms with van der Waals surface area (Å²) in [5, 5.41) is 5.81. The van der Waals surface area contributed by atoms with Crippen LogP contribution in [0.2, 0.25) is 0 Å². The van der Waals surface area contributed by atoms with Crippen molar-refractivity contribution < 1.29 is 9.18 Å². The lowest BCUT2D eigenvalue weighted by Crippen LogP contribution is -2.41. The van der Waals surface area contributed by atoms with Crippen molar-refractivity contribution in [2.45, 2.75) is 39.8 Å². The molecule has 2 rings (SSSR count). The second-order valence-electron chi connectivity index (χ2n) is 6.37. The molecule has 0 bridgehead atoms. The van der Waals surface area contributed by atoms with Crippen molar-refractivity contribution in [3.8, 4) is 0 Å². The van der Waals surface area contributed by atoms with Crippen molar-refractivity contribution in [1.82, 2.24) is 15.3 Å². The van der Waals surface area contributed by atoms with Gasteiger partial charge in [-0.1, -0.05) is 18.2 Å². The molecule has 0 fully saturated rings. The van der Waals surface area contributed by atoms with Crippen molar-refractivity contribution >= 4 is 11.9 Å². The van der Waals surface area contributed by atoms with E-state index in [-0.39, 0.29) is 29.5 Å². The summed E-state index contributed by atoms with van der Waals surface area (Å²) in [5.41, 5.74) is 1.10. The fraction of sp³-hybridized carbons (Fsp3) is 0.353. The number of benzene rings is 1. The zero-order valence-corrected chi connectivity index (χ0v) is 13.8. The first kappa shape index (κ1) is 16.9. The second-order valence-corrected chi connectivity index (χ2v) is 6.37. The SMILES string of the molecule is Cc1cc(C(=O)NC(C)(C)C)nc(NCc2ccccc2F)n1. The Hall–Kier alpha value is -2.50. The van der Waals surface area contributed by atoms with Gasteiger partial charge in [-0.25, -0.2) is 14.4 Å². The highest BCUT2D eigenvalue weighted by Crippen LogP contribution is 2.11. The Morgan fingerprint density at radius 2 is 1.91 bits per heavy atom. The standard InChI is InChI=1S/C17H21FN4O/c1-11-9-14(15(23)22-17(2,3)4)21-16(20-11)19-10-12-7-5-6-8-13(12)18/h5-9H,10H2,1-4H3,(H,22,23)(H,19,20,21). The Labute approximate surface area is 135 Å². The lowest BCUT2D eigenvalue weighted by Gasteiger charge is -2.20. The zero-order valence-electron chi connectivity index (χ0n) is 13.8. The van der Waals surface area contributed by atoms with Crippen LogP contribution in [0, 0.1) is 12.7 Å². The number of anilines is 1. The van der Waals surface area contributed by atoms with Crippen LogP contribution in [-0.2, 0) is 6.54 Å². The number of carbonyl (C=O) groups excluding carboxylic acids is 1. The van der Waals surface area contributed by atoms with E-state index < -0.39 is 0 Å². The van der Waals surface area contributed by atoms with E-state index in [0.29, 0.717) is 17.2 Å². The van der Waals surface area contributed by atoms with Gasteiger partial charge in [-0.05, 0) is 39.8 Å². The van der Waals surface area contributed by atoms with Crippen molar-refractivity contribution in [2.75, 3.05) is 5.32 Å². The maximum absolute atomic E-state index is 13.6. The molecule has 0 spiro atoms. The highest BCUT2D eigenvalue weighted by atomic mass is 19.1. The second kappa shape index (κ2) is 6.73. The molecule has 2 N–H and O–H groups in total. The van der Waals surface area contributed by atoms with Gasteiger partial charge in [-0.15, -0.1) is 0 Å². The molecule has 0 aliphatic heterocycles. The van der Waals surface area contributed by atoms with Gasteiger partial charge in [0, 0.05) is 23.3 Å². The van der Waals surface area contributed by atoms with E-state index in [4.69, 9.17) is 0 Å². The molecule has 0 saturated heterocycles. The van der Waals surface area contributed by atoms with E-state index in [0.717, 1.165) is 0 Å². The van der Waals surface area contributed by atoms with Crippen LogP contribution in [0.3, 0.4) is 0 Å². The van der Waals surface area contributed by atoms with Gasteiger partial charge in [0.15, 0.2) is 0 Å².